The number of nitrogens with zero attached hydrogens (tertiary/aromatic N) is 1. The molecular formula is C10H15BrN2O2S. The third-order valence-corrected chi connectivity index (χ3v) is 4.68. The fourth-order valence-corrected chi connectivity index (χ4v) is 2.22. The minimum atomic E-state index is -3.09. The van der Waals surface area contributed by atoms with Crippen LogP contribution in [0, 0.1) is 0 Å². The fourth-order valence-electron chi connectivity index (χ4n) is 1.25. The van der Waals surface area contributed by atoms with Gasteiger partial charge in [0.05, 0.1) is 5.25 Å². The average molecular weight is 307 g/mol. The summed E-state index contributed by atoms with van der Waals surface area (Å²) >= 11 is 3.28. The highest BCUT2D eigenvalue weighted by molar-refractivity contribution is 9.10. The van der Waals surface area contributed by atoms with Crippen molar-refractivity contribution in [1.29, 1.82) is 0 Å². The average Bonchev–Trinajstić information content (AvgIpc) is 2.19. The molecule has 0 fully saturated rings. The van der Waals surface area contributed by atoms with Gasteiger partial charge >= 0.3 is 0 Å². The fraction of sp³-hybridized carbons (Fsp3) is 0.500. The second kappa shape index (κ2) is 5.25. The van der Waals surface area contributed by atoms with Crippen LogP contribution in [0.25, 0.3) is 0 Å². The van der Waals surface area contributed by atoms with E-state index in [1.807, 2.05) is 12.1 Å². The topological polar surface area (TPSA) is 73.0 Å². The van der Waals surface area contributed by atoms with Gasteiger partial charge in [0.25, 0.3) is 0 Å². The van der Waals surface area contributed by atoms with Gasteiger partial charge in [-0.15, -0.1) is 0 Å². The molecule has 0 radical (unpaired) electrons. The predicted molar refractivity (Wildman–Crippen MR) is 67.9 cm³/mol. The number of hydrogen-bond donors (Lipinski definition) is 1. The summed E-state index contributed by atoms with van der Waals surface area (Å²) < 4.78 is 23.5. The zero-order chi connectivity index (χ0) is 12.3. The molecule has 1 rings (SSSR count). The van der Waals surface area contributed by atoms with Crippen LogP contribution in [0.4, 0.5) is 0 Å². The summed E-state index contributed by atoms with van der Waals surface area (Å²) in [5.41, 5.74) is 6.64. The van der Waals surface area contributed by atoms with E-state index in [2.05, 4.69) is 20.9 Å². The van der Waals surface area contributed by atoms with Crippen molar-refractivity contribution >= 4 is 25.8 Å². The first-order valence-electron chi connectivity index (χ1n) is 4.85. The lowest BCUT2D eigenvalue weighted by atomic mass is 10.1. The molecule has 0 spiro atoms. The van der Waals surface area contributed by atoms with Crippen molar-refractivity contribution in [3.63, 3.8) is 0 Å². The van der Waals surface area contributed by atoms with Gasteiger partial charge in [-0.1, -0.05) is 0 Å². The van der Waals surface area contributed by atoms with E-state index in [9.17, 15) is 8.42 Å². The summed E-state index contributed by atoms with van der Waals surface area (Å²) in [5, 5.41) is -0.557. The van der Waals surface area contributed by atoms with Gasteiger partial charge in [-0.05, 0) is 35.0 Å². The first-order valence-corrected chi connectivity index (χ1v) is 7.60. The molecule has 0 saturated carbocycles. The predicted octanol–water partition coefficient (Wildman–Crippen LogP) is 1.15. The van der Waals surface area contributed by atoms with Crippen molar-refractivity contribution in [2.24, 2.45) is 5.73 Å². The van der Waals surface area contributed by atoms with E-state index in [0.29, 0.717) is 6.42 Å². The second-order valence-electron chi connectivity index (χ2n) is 3.87. The Kier molecular flexibility index (Phi) is 4.46. The molecule has 90 valence electrons. The van der Waals surface area contributed by atoms with Gasteiger partial charge in [-0.3, -0.25) is 4.98 Å². The monoisotopic (exact) mass is 306 g/mol. The first-order chi connectivity index (χ1) is 7.30. The Bertz CT molecular complexity index is 444. The summed E-state index contributed by atoms with van der Waals surface area (Å²) in [7, 11) is -3.09. The lowest BCUT2D eigenvalue weighted by Gasteiger charge is -2.17. The molecule has 2 atom stereocenters. The summed E-state index contributed by atoms with van der Waals surface area (Å²) in [5.74, 6) is 0. The van der Waals surface area contributed by atoms with Gasteiger partial charge in [0.15, 0.2) is 9.84 Å². The highest BCUT2D eigenvalue weighted by atomic mass is 79.9. The highest BCUT2D eigenvalue weighted by Gasteiger charge is 2.23. The van der Waals surface area contributed by atoms with Crippen LogP contribution >= 0.6 is 15.9 Å². The Morgan fingerprint density at radius 1 is 1.50 bits per heavy atom. The van der Waals surface area contributed by atoms with Crippen LogP contribution in [0.3, 0.4) is 0 Å². The standard InChI is InChI=1S/C10H15BrN2O2S/c1-7(16(2,14)15)10(12)5-9-4-3-8(11)6-13-9/h3-4,6-7,10H,5,12H2,1-2H3. The van der Waals surface area contributed by atoms with Crippen molar-refractivity contribution in [3.8, 4) is 0 Å². The van der Waals surface area contributed by atoms with Crippen LogP contribution in [0.15, 0.2) is 22.8 Å². The number of halogens is 1. The van der Waals surface area contributed by atoms with Gasteiger partial charge in [-0.25, -0.2) is 8.42 Å². The van der Waals surface area contributed by atoms with Crippen molar-refractivity contribution in [2.45, 2.75) is 24.6 Å². The number of sulfone groups is 1. The molecule has 6 heteroatoms. The maximum Gasteiger partial charge on any atom is 0.151 e. The number of pyridine rings is 1. The molecule has 0 amide bonds. The maximum atomic E-state index is 11.3. The Morgan fingerprint density at radius 3 is 2.56 bits per heavy atom. The molecule has 2 unspecified atom stereocenters. The van der Waals surface area contributed by atoms with Crippen LogP contribution < -0.4 is 5.73 Å². The largest absolute Gasteiger partial charge is 0.326 e. The maximum absolute atomic E-state index is 11.3. The molecule has 1 heterocycles. The molecule has 0 aliphatic rings. The molecule has 0 bridgehead atoms. The van der Waals surface area contributed by atoms with Gasteiger partial charge in [0.1, 0.15) is 0 Å². The summed E-state index contributed by atoms with van der Waals surface area (Å²) in [6, 6.07) is 3.27. The highest BCUT2D eigenvalue weighted by Crippen LogP contribution is 2.11. The van der Waals surface area contributed by atoms with Crippen molar-refractivity contribution in [1.82, 2.24) is 4.98 Å². The van der Waals surface area contributed by atoms with Crippen LogP contribution in [-0.2, 0) is 16.3 Å². The quantitative estimate of drug-likeness (QED) is 0.905. The van der Waals surface area contributed by atoms with E-state index in [4.69, 9.17) is 5.73 Å². The summed E-state index contributed by atoms with van der Waals surface area (Å²) in [4.78, 5) is 4.16. The Hall–Kier alpha value is -0.460. The third-order valence-electron chi connectivity index (χ3n) is 2.51. The lowest BCUT2D eigenvalue weighted by molar-refractivity contribution is 0.560. The third kappa shape index (κ3) is 3.84. The number of hydrogen-bond acceptors (Lipinski definition) is 4. The molecule has 4 nitrogen and oxygen atoms in total. The van der Waals surface area contributed by atoms with Crippen molar-refractivity contribution in [2.75, 3.05) is 6.26 Å². The van der Waals surface area contributed by atoms with Crippen molar-refractivity contribution in [3.05, 3.63) is 28.5 Å². The molecule has 0 aliphatic heterocycles. The van der Waals surface area contributed by atoms with Gasteiger partial charge < -0.3 is 5.73 Å². The van der Waals surface area contributed by atoms with Crippen LogP contribution in [-0.4, -0.2) is 30.9 Å². The van der Waals surface area contributed by atoms with Gasteiger partial charge in [0, 0.05) is 35.1 Å². The van der Waals surface area contributed by atoms with E-state index in [-0.39, 0.29) is 0 Å². The van der Waals surface area contributed by atoms with Crippen molar-refractivity contribution < 1.29 is 8.42 Å². The molecule has 0 saturated heterocycles. The number of rotatable bonds is 4. The molecule has 0 aromatic carbocycles. The Balaban J connectivity index is 2.71. The van der Waals surface area contributed by atoms with Crippen LogP contribution in [0.2, 0.25) is 0 Å². The second-order valence-corrected chi connectivity index (χ2v) is 7.19. The normalized spacial score (nSPS) is 15.8. The van der Waals surface area contributed by atoms with E-state index >= 15 is 0 Å². The first kappa shape index (κ1) is 13.6. The number of nitrogens with two attached hydrogens (primary N) is 1. The van der Waals surface area contributed by atoms with Crippen LogP contribution in [0.1, 0.15) is 12.6 Å². The van der Waals surface area contributed by atoms with E-state index in [0.717, 1.165) is 10.2 Å². The van der Waals surface area contributed by atoms with Gasteiger partial charge in [0.2, 0.25) is 0 Å². The Morgan fingerprint density at radius 2 is 2.12 bits per heavy atom. The molecule has 1 aromatic rings. The minimum Gasteiger partial charge on any atom is -0.326 e. The van der Waals surface area contributed by atoms with Crippen LogP contribution in [0.5, 0.6) is 0 Å². The smallest absolute Gasteiger partial charge is 0.151 e. The molecule has 1 aromatic heterocycles. The molecule has 16 heavy (non-hydrogen) atoms. The van der Waals surface area contributed by atoms with E-state index in [1.165, 1.54) is 6.26 Å². The summed E-state index contributed by atoms with van der Waals surface area (Å²) in [6.45, 7) is 1.62. The minimum absolute atomic E-state index is 0.427. The summed E-state index contributed by atoms with van der Waals surface area (Å²) in [6.07, 6.45) is 3.33. The zero-order valence-electron chi connectivity index (χ0n) is 9.22. The zero-order valence-corrected chi connectivity index (χ0v) is 11.6. The molecular weight excluding hydrogens is 292 g/mol. The van der Waals surface area contributed by atoms with Gasteiger partial charge in [-0.2, -0.15) is 0 Å². The molecule has 0 aliphatic carbocycles. The Labute approximate surface area is 104 Å². The van der Waals surface area contributed by atoms with E-state index in [1.54, 1.807) is 13.1 Å². The number of aromatic nitrogens is 1. The van der Waals surface area contributed by atoms with E-state index < -0.39 is 21.1 Å². The SMILES string of the molecule is CC(C(N)Cc1ccc(Br)cn1)S(C)(=O)=O. The lowest BCUT2D eigenvalue weighted by Crippen LogP contribution is -2.39. The molecule has 2 N–H and O–H groups in total.